The van der Waals surface area contributed by atoms with E-state index in [1.165, 1.54) is 11.3 Å². The molecule has 0 radical (unpaired) electrons. The van der Waals surface area contributed by atoms with E-state index in [0.29, 0.717) is 5.13 Å². The minimum atomic E-state index is 0.588. The Morgan fingerprint density at radius 3 is 3.12 bits per heavy atom. The van der Waals surface area contributed by atoms with E-state index in [-0.39, 0.29) is 0 Å². The highest BCUT2D eigenvalue weighted by Crippen LogP contribution is 2.19. The van der Waals surface area contributed by atoms with Gasteiger partial charge in [-0.1, -0.05) is 6.08 Å². The zero-order chi connectivity index (χ0) is 11.7. The van der Waals surface area contributed by atoms with Crippen LogP contribution in [0.3, 0.4) is 0 Å². The fourth-order valence-corrected chi connectivity index (χ4v) is 2.20. The minimum absolute atomic E-state index is 0.588. The predicted octanol–water partition coefficient (Wildman–Crippen LogP) is 2.77. The number of aromatic amines is 1. The van der Waals surface area contributed by atoms with Crippen LogP contribution in [-0.2, 0) is 0 Å². The summed E-state index contributed by atoms with van der Waals surface area (Å²) in [6, 6.07) is 3.96. The van der Waals surface area contributed by atoms with Crippen molar-refractivity contribution in [2.24, 2.45) is 0 Å². The third kappa shape index (κ3) is 1.92. The number of rotatable bonds is 2. The standard InChI is InChI=1S/C12H10N4S/c13-12-16-9(7-17-12)4-3-8-6-15-11-10(8)2-1-5-14-11/h1-7H,(H2,13,16)(H,14,15). The van der Waals surface area contributed by atoms with Crippen LogP contribution in [0.1, 0.15) is 11.3 Å². The van der Waals surface area contributed by atoms with Crippen LogP contribution in [-0.4, -0.2) is 15.0 Å². The Labute approximate surface area is 102 Å². The highest BCUT2D eigenvalue weighted by atomic mass is 32.1. The molecule has 0 unspecified atom stereocenters. The van der Waals surface area contributed by atoms with E-state index in [1.54, 1.807) is 6.20 Å². The quantitative estimate of drug-likeness (QED) is 0.726. The number of H-pyrrole nitrogens is 1. The molecular formula is C12H10N4S. The number of thiazole rings is 1. The van der Waals surface area contributed by atoms with E-state index in [4.69, 9.17) is 5.73 Å². The van der Waals surface area contributed by atoms with Gasteiger partial charge in [0.15, 0.2) is 5.13 Å². The fraction of sp³-hybridized carbons (Fsp3) is 0. The second-order valence-corrected chi connectivity index (χ2v) is 4.48. The number of hydrogen-bond acceptors (Lipinski definition) is 4. The summed E-state index contributed by atoms with van der Waals surface area (Å²) in [6.07, 6.45) is 7.66. The van der Waals surface area contributed by atoms with E-state index >= 15 is 0 Å². The maximum atomic E-state index is 5.58. The van der Waals surface area contributed by atoms with Crippen molar-refractivity contribution in [2.75, 3.05) is 5.73 Å². The third-order valence-electron chi connectivity index (χ3n) is 2.46. The maximum Gasteiger partial charge on any atom is 0.180 e. The van der Waals surface area contributed by atoms with Crippen LogP contribution < -0.4 is 5.73 Å². The number of pyridine rings is 1. The lowest BCUT2D eigenvalue weighted by Gasteiger charge is -1.89. The monoisotopic (exact) mass is 242 g/mol. The van der Waals surface area contributed by atoms with Crippen LogP contribution in [0.5, 0.6) is 0 Å². The Balaban J connectivity index is 1.97. The summed E-state index contributed by atoms with van der Waals surface area (Å²) in [4.78, 5) is 11.5. The number of anilines is 1. The molecule has 3 aromatic rings. The molecule has 0 atom stereocenters. The highest BCUT2D eigenvalue weighted by Gasteiger charge is 2.00. The van der Waals surface area contributed by atoms with Crippen LogP contribution in [0.25, 0.3) is 23.2 Å². The molecule has 3 heterocycles. The molecule has 5 heteroatoms. The summed E-state index contributed by atoms with van der Waals surface area (Å²) in [6.45, 7) is 0. The normalized spacial score (nSPS) is 11.5. The van der Waals surface area contributed by atoms with Crippen molar-refractivity contribution < 1.29 is 0 Å². The molecule has 0 fully saturated rings. The van der Waals surface area contributed by atoms with Gasteiger partial charge < -0.3 is 10.7 Å². The predicted molar refractivity (Wildman–Crippen MR) is 71.5 cm³/mol. The summed E-state index contributed by atoms with van der Waals surface area (Å²) in [5, 5.41) is 3.62. The molecule has 0 aliphatic heterocycles. The van der Waals surface area contributed by atoms with Gasteiger partial charge in [0.1, 0.15) is 5.65 Å². The molecule has 4 nitrogen and oxygen atoms in total. The molecule has 84 valence electrons. The van der Waals surface area contributed by atoms with Gasteiger partial charge in [-0.2, -0.15) is 0 Å². The largest absolute Gasteiger partial charge is 0.375 e. The molecule has 3 aromatic heterocycles. The lowest BCUT2D eigenvalue weighted by molar-refractivity contribution is 1.33. The third-order valence-corrected chi connectivity index (χ3v) is 3.15. The number of nitrogens with zero attached hydrogens (tertiary/aromatic N) is 2. The van der Waals surface area contributed by atoms with Gasteiger partial charge in [-0.15, -0.1) is 11.3 Å². The second-order valence-electron chi connectivity index (χ2n) is 3.59. The number of nitrogens with one attached hydrogen (secondary N) is 1. The van der Waals surface area contributed by atoms with E-state index in [0.717, 1.165) is 22.3 Å². The summed E-state index contributed by atoms with van der Waals surface area (Å²) in [5.74, 6) is 0. The lowest BCUT2D eigenvalue weighted by atomic mass is 10.2. The number of fused-ring (bicyclic) bond motifs is 1. The minimum Gasteiger partial charge on any atom is -0.375 e. The smallest absolute Gasteiger partial charge is 0.180 e. The topological polar surface area (TPSA) is 67.6 Å². The maximum absolute atomic E-state index is 5.58. The second kappa shape index (κ2) is 4.03. The van der Waals surface area contributed by atoms with Gasteiger partial charge in [-0.25, -0.2) is 9.97 Å². The van der Waals surface area contributed by atoms with Crippen LogP contribution in [0.15, 0.2) is 29.9 Å². The molecule has 0 saturated carbocycles. The number of hydrogen-bond donors (Lipinski definition) is 2. The SMILES string of the molecule is Nc1nc(C=Cc2c[nH]c3ncccc23)cs1. The molecule has 3 rings (SSSR count). The summed E-state index contributed by atoms with van der Waals surface area (Å²) >= 11 is 1.44. The fourth-order valence-electron chi connectivity index (χ4n) is 1.67. The van der Waals surface area contributed by atoms with Gasteiger partial charge in [0.25, 0.3) is 0 Å². The van der Waals surface area contributed by atoms with E-state index in [1.807, 2.05) is 35.9 Å². The van der Waals surface area contributed by atoms with Crippen LogP contribution in [0, 0.1) is 0 Å². The highest BCUT2D eigenvalue weighted by molar-refractivity contribution is 7.13. The summed E-state index contributed by atoms with van der Waals surface area (Å²) in [7, 11) is 0. The molecule has 17 heavy (non-hydrogen) atoms. The van der Waals surface area contributed by atoms with Crippen molar-refractivity contribution in [3.8, 4) is 0 Å². The average molecular weight is 242 g/mol. The van der Waals surface area contributed by atoms with Crippen LogP contribution >= 0.6 is 11.3 Å². The first kappa shape index (κ1) is 10.0. The van der Waals surface area contributed by atoms with Crippen LogP contribution in [0.4, 0.5) is 5.13 Å². The van der Waals surface area contributed by atoms with E-state index in [2.05, 4.69) is 15.0 Å². The average Bonchev–Trinajstić information content (AvgIpc) is 2.93. The van der Waals surface area contributed by atoms with E-state index in [9.17, 15) is 0 Å². The van der Waals surface area contributed by atoms with Gasteiger partial charge >= 0.3 is 0 Å². The molecule has 0 aliphatic carbocycles. The number of nitrogens with two attached hydrogens (primary N) is 1. The molecule has 0 amide bonds. The van der Waals surface area contributed by atoms with E-state index < -0.39 is 0 Å². The molecule has 0 saturated heterocycles. The summed E-state index contributed by atoms with van der Waals surface area (Å²) in [5.41, 5.74) is 8.45. The molecule has 0 bridgehead atoms. The number of nitrogen functional groups attached to an aromatic ring is 1. The van der Waals surface area contributed by atoms with Crippen molar-refractivity contribution in [3.63, 3.8) is 0 Å². The van der Waals surface area contributed by atoms with Gasteiger partial charge in [0.05, 0.1) is 5.69 Å². The summed E-state index contributed by atoms with van der Waals surface area (Å²) < 4.78 is 0. The van der Waals surface area contributed by atoms with Crippen LogP contribution in [0.2, 0.25) is 0 Å². The van der Waals surface area contributed by atoms with Gasteiger partial charge in [0, 0.05) is 28.7 Å². The Morgan fingerprint density at radius 1 is 1.35 bits per heavy atom. The Hall–Kier alpha value is -2.14. The molecule has 0 aromatic carbocycles. The van der Waals surface area contributed by atoms with Gasteiger partial charge in [-0.05, 0) is 18.2 Å². The first-order valence-corrected chi connectivity index (χ1v) is 6.02. The zero-order valence-corrected chi connectivity index (χ0v) is 9.74. The van der Waals surface area contributed by atoms with Crippen molar-refractivity contribution in [1.82, 2.24) is 15.0 Å². The van der Waals surface area contributed by atoms with Crippen molar-refractivity contribution >= 4 is 39.7 Å². The van der Waals surface area contributed by atoms with Gasteiger partial charge in [-0.3, -0.25) is 0 Å². The van der Waals surface area contributed by atoms with Crippen molar-refractivity contribution in [1.29, 1.82) is 0 Å². The van der Waals surface area contributed by atoms with Gasteiger partial charge in [0.2, 0.25) is 0 Å². The molecule has 0 spiro atoms. The lowest BCUT2D eigenvalue weighted by Crippen LogP contribution is -1.80. The number of aromatic nitrogens is 3. The Morgan fingerprint density at radius 2 is 2.29 bits per heavy atom. The molecule has 0 aliphatic rings. The Bertz CT molecular complexity index is 680. The molecule has 3 N–H and O–H groups in total. The molecular weight excluding hydrogens is 232 g/mol. The zero-order valence-electron chi connectivity index (χ0n) is 8.92. The van der Waals surface area contributed by atoms with Crippen molar-refractivity contribution in [2.45, 2.75) is 0 Å². The Kier molecular flexibility index (Phi) is 2.38. The first-order valence-electron chi connectivity index (χ1n) is 5.14. The first-order chi connectivity index (χ1) is 8.33. The van der Waals surface area contributed by atoms with Crippen molar-refractivity contribution in [3.05, 3.63) is 41.2 Å².